The molecule has 20 heavy (non-hydrogen) atoms. The monoisotopic (exact) mass is 272 g/mol. The van der Waals surface area contributed by atoms with Crippen molar-refractivity contribution >= 4 is 17.6 Å². The van der Waals surface area contributed by atoms with E-state index in [0.717, 1.165) is 16.8 Å². The summed E-state index contributed by atoms with van der Waals surface area (Å²) in [5.74, 6) is -1.10. The van der Waals surface area contributed by atoms with Crippen molar-refractivity contribution in [2.45, 2.75) is 20.4 Å². The molecule has 1 aromatic carbocycles. The van der Waals surface area contributed by atoms with Crippen LogP contribution in [0.5, 0.6) is 0 Å². The van der Waals surface area contributed by atoms with Gasteiger partial charge < -0.3 is 15.0 Å². The van der Waals surface area contributed by atoms with Gasteiger partial charge in [0.05, 0.1) is 6.54 Å². The topological polar surface area (TPSA) is 73.4 Å². The van der Waals surface area contributed by atoms with Crippen LogP contribution >= 0.6 is 0 Å². The number of H-pyrrole nitrogens is 1. The minimum Gasteiger partial charge on any atom is -0.477 e. The number of hydrogen-bond donors (Lipinski definition) is 2. The predicted molar refractivity (Wildman–Crippen MR) is 75.8 cm³/mol. The highest BCUT2D eigenvalue weighted by atomic mass is 16.4. The molecule has 2 aromatic rings. The highest BCUT2D eigenvalue weighted by Crippen LogP contribution is 2.18. The predicted octanol–water partition coefficient (Wildman–Crippen LogP) is 2.57. The molecule has 0 fully saturated rings. The summed E-state index contributed by atoms with van der Waals surface area (Å²) in [6, 6.07) is 9.16. The Morgan fingerprint density at radius 2 is 1.90 bits per heavy atom. The summed E-state index contributed by atoms with van der Waals surface area (Å²) in [5, 5.41) is 8.88. The number of carbonyl (C=O) groups is 2. The number of carbonyl (C=O) groups excluding carboxylic acids is 1. The van der Waals surface area contributed by atoms with Crippen molar-refractivity contribution in [3.63, 3.8) is 0 Å². The first kappa shape index (κ1) is 13.9. The van der Waals surface area contributed by atoms with Gasteiger partial charge in [-0.15, -0.1) is 0 Å². The Morgan fingerprint density at radius 1 is 1.25 bits per heavy atom. The number of aromatic carboxylic acids is 1. The molecule has 2 rings (SSSR count). The number of hydrogen-bond acceptors (Lipinski definition) is 2. The second-order valence-electron chi connectivity index (χ2n) is 4.67. The van der Waals surface area contributed by atoms with E-state index in [-0.39, 0.29) is 11.6 Å². The van der Waals surface area contributed by atoms with E-state index in [4.69, 9.17) is 5.11 Å². The van der Waals surface area contributed by atoms with E-state index >= 15 is 0 Å². The van der Waals surface area contributed by atoms with Crippen molar-refractivity contribution in [2.24, 2.45) is 0 Å². The average molecular weight is 272 g/mol. The van der Waals surface area contributed by atoms with Gasteiger partial charge in [-0.25, -0.2) is 4.79 Å². The van der Waals surface area contributed by atoms with E-state index < -0.39 is 5.97 Å². The number of anilines is 1. The van der Waals surface area contributed by atoms with E-state index in [1.54, 1.807) is 11.1 Å². The first-order valence-corrected chi connectivity index (χ1v) is 6.22. The molecule has 0 radical (unpaired) electrons. The van der Waals surface area contributed by atoms with Gasteiger partial charge in [0.2, 0.25) is 5.91 Å². The Kier molecular flexibility index (Phi) is 3.89. The van der Waals surface area contributed by atoms with Crippen molar-refractivity contribution in [1.82, 2.24) is 4.98 Å². The summed E-state index contributed by atoms with van der Waals surface area (Å²) < 4.78 is 0. The Balaban J connectivity index is 2.23. The van der Waals surface area contributed by atoms with Crippen LogP contribution < -0.4 is 4.90 Å². The largest absolute Gasteiger partial charge is 0.477 e. The number of amides is 1. The molecule has 0 bridgehead atoms. The quantitative estimate of drug-likeness (QED) is 0.898. The van der Waals surface area contributed by atoms with E-state index in [0.29, 0.717) is 6.54 Å². The summed E-state index contributed by atoms with van der Waals surface area (Å²) in [5.41, 5.74) is 2.78. The third kappa shape index (κ3) is 3.06. The number of aryl methyl sites for hydroxylation is 1. The molecule has 2 N–H and O–H groups in total. The normalized spacial score (nSPS) is 10.3. The lowest BCUT2D eigenvalue weighted by atomic mass is 10.2. The molecular weight excluding hydrogens is 256 g/mol. The number of rotatable bonds is 4. The van der Waals surface area contributed by atoms with Crippen LogP contribution in [0.25, 0.3) is 0 Å². The second-order valence-corrected chi connectivity index (χ2v) is 4.67. The molecular formula is C15H16N2O3. The molecule has 0 aliphatic rings. The number of aromatic amines is 1. The SMILES string of the molecule is CC(=O)N(Cc1c[nH]c(C(=O)O)c1)c1ccc(C)cc1. The molecule has 5 heteroatoms. The fourth-order valence-electron chi connectivity index (χ4n) is 1.95. The zero-order valence-electron chi connectivity index (χ0n) is 11.4. The lowest BCUT2D eigenvalue weighted by Gasteiger charge is -2.20. The van der Waals surface area contributed by atoms with E-state index in [1.165, 1.54) is 13.0 Å². The zero-order valence-corrected chi connectivity index (χ0v) is 11.4. The maximum absolute atomic E-state index is 11.8. The number of carboxylic acids is 1. The molecule has 0 aliphatic carbocycles. The standard InChI is InChI=1S/C15H16N2O3/c1-10-3-5-13(6-4-10)17(11(2)18)9-12-7-14(15(19)20)16-8-12/h3-8,16H,9H2,1-2H3,(H,19,20). The molecule has 5 nitrogen and oxygen atoms in total. The highest BCUT2D eigenvalue weighted by molar-refractivity contribution is 5.91. The Hall–Kier alpha value is -2.56. The number of carboxylic acid groups (broad SMARTS) is 1. The van der Waals surface area contributed by atoms with E-state index in [2.05, 4.69) is 4.98 Å². The molecule has 0 atom stereocenters. The van der Waals surface area contributed by atoms with E-state index in [9.17, 15) is 9.59 Å². The third-order valence-electron chi connectivity index (χ3n) is 3.04. The number of nitrogens with one attached hydrogen (secondary N) is 1. The number of aromatic nitrogens is 1. The van der Waals surface area contributed by atoms with Gasteiger partial charge in [-0.1, -0.05) is 17.7 Å². The van der Waals surface area contributed by atoms with Crippen LogP contribution in [0.15, 0.2) is 36.5 Å². The first-order valence-electron chi connectivity index (χ1n) is 6.22. The van der Waals surface area contributed by atoms with Crippen LogP contribution in [0.2, 0.25) is 0 Å². The van der Waals surface area contributed by atoms with Gasteiger partial charge in [0, 0.05) is 18.8 Å². The molecule has 0 spiro atoms. The van der Waals surface area contributed by atoms with Gasteiger partial charge in [0.1, 0.15) is 5.69 Å². The van der Waals surface area contributed by atoms with Crippen LogP contribution in [0, 0.1) is 6.92 Å². The molecule has 1 heterocycles. The summed E-state index contributed by atoms with van der Waals surface area (Å²) in [4.78, 5) is 26.9. The molecule has 1 amide bonds. The van der Waals surface area contributed by atoms with Gasteiger partial charge in [0.25, 0.3) is 0 Å². The second kappa shape index (κ2) is 5.61. The smallest absolute Gasteiger partial charge is 0.352 e. The average Bonchev–Trinajstić information content (AvgIpc) is 2.86. The fraction of sp³-hybridized carbons (Fsp3) is 0.200. The molecule has 0 aliphatic heterocycles. The fourth-order valence-corrected chi connectivity index (χ4v) is 1.95. The van der Waals surface area contributed by atoms with Crippen LogP contribution in [0.1, 0.15) is 28.5 Å². The van der Waals surface area contributed by atoms with Crippen molar-refractivity contribution in [3.05, 3.63) is 53.3 Å². The Morgan fingerprint density at radius 3 is 2.40 bits per heavy atom. The van der Waals surface area contributed by atoms with Crippen molar-refractivity contribution in [3.8, 4) is 0 Å². The van der Waals surface area contributed by atoms with Gasteiger partial charge in [-0.2, -0.15) is 0 Å². The molecule has 0 saturated carbocycles. The van der Waals surface area contributed by atoms with Gasteiger partial charge in [0.15, 0.2) is 0 Å². The number of nitrogens with zero attached hydrogens (tertiary/aromatic N) is 1. The van der Waals surface area contributed by atoms with Crippen LogP contribution in [0.4, 0.5) is 5.69 Å². The van der Waals surface area contributed by atoms with Crippen molar-refractivity contribution in [1.29, 1.82) is 0 Å². The van der Waals surface area contributed by atoms with Gasteiger partial charge in [-0.05, 0) is 30.7 Å². The summed E-state index contributed by atoms with van der Waals surface area (Å²) in [7, 11) is 0. The molecule has 1 aromatic heterocycles. The summed E-state index contributed by atoms with van der Waals surface area (Å²) in [6.45, 7) is 3.81. The van der Waals surface area contributed by atoms with E-state index in [1.807, 2.05) is 31.2 Å². The maximum atomic E-state index is 11.8. The summed E-state index contributed by atoms with van der Waals surface area (Å²) >= 11 is 0. The van der Waals surface area contributed by atoms with Crippen LogP contribution in [0.3, 0.4) is 0 Å². The minimum atomic E-state index is -1.01. The van der Waals surface area contributed by atoms with Crippen LogP contribution in [-0.2, 0) is 11.3 Å². The lowest BCUT2D eigenvalue weighted by Crippen LogP contribution is -2.27. The van der Waals surface area contributed by atoms with Gasteiger partial charge in [-0.3, -0.25) is 4.79 Å². The minimum absolute atomic E-state index is 0.0908. The third-order valence-corrected chi connectivity index (χ3v) is 3.04. The Labute approximate surface area is 116 Å². The van der Waals surface area contributed by atoms with Crippen LogP contribution in [-0.4, -0.2) is 22.0 Å². The molecule has 0 unspecified atom stereocenters. The lowest BCUT2D eigenvalue weighted by molar-refractivity contribution is -0.116. The zero-order chi connectivity index (χ0) is 14.7. The highest BCUT2D eigenvalue weighted by Gasteiger charge is 2.14. The van der Waals surface area contributed by atoms with Crippen molar-refractivity contribution in [2.75, 3.05) is 4.90 Å². The number of benzene rings is 1. The maximum Gasteiger partial charge on any atom is 0.352 e. The van der Waals surface area contributed by atoms with Gasteiger partial charge >= 0.3 is 5.97 Å². The first-order chi connectivity index (χ1) is 9.47. The molecule has 104 valence electrons. The summed E-state index contributed by atoms with van der Waals surface area (Å²) in [6.07, 6.45) is 1.60. The molecule has 0 saturated heterocycles. The van der Waals surface area contributed by atoms with Crippen molar-refractivity contribution < 1.29 is 14.7 Å². The Bertz CT molecular complexity index is 629.